The molecular formula is C14H21FN2O4S. The van der Waals surface area contributed by atoms with E-state index in [9.17, 15) is 12.8 Å². The molecule has 124 valence electrons. The first-order chi connectivity index (χ1) is 10.5. The van der Waals surface area contributed by atoms with Crippen molar-refractivity contribution in [2.45, 2.75) is 23.8 Å². The largest absolute Gasteiger partial charge is 0.490 e. The van der Waals surface area contributed by atoms with Crippen LogP contribution in [-0.2, 0) is 14.8 Å². The summed E-state index contributed by atoms with van der Waals surface area (Å²) in [5.74, 6) is -0.293. The molecule has 0 bridgehead atoms. The minimum absolute atomic E-state index is 0.0949. The summed E-state index contributed by atoms with van der Waals surface area (Å²) < 4.78 is 51.2. The first kappa shape index (κ1) is 17.1. The van der Waals surface area contributed by atoms with Crippen LogP contribution in [0.1, 0.15) is 12.8 Å². The van der Waals surface area contributed by atoms with Crippen molar-refractivity contribution in [1.29, 1.82) is 0 Å². The number of benzene rings is 1. The van der Waals surface area contributed by atoms with Gasteiger partial charge in [-0.3, -0.25) is 0 Å². The van der Waals surface area contributed by atoms with Crippen LogP contribution in [0.3, 0.4) is 0 Å². The van der Waals surface area contributed by atoms with Crippen LogP contribution in [0.25, 0.3) is 0 Å². The van der Waals surface area contributed by atoms with Crippen LogP contribution in [-0.4, -0.2) is 41.3 Å². The number of hydrogen-bond donors (Lipinski definition) is 2. The molecule has 3 N–H and O–H groups in total. The molecule has 2 rings (SSSR count). The average Bonchev–Trinajstić information content (AvgIpc) is 3.31. The van der Waals surface area contributed by atoms with E-state index >= 15 is 0 Å². The molecule has 22 heavy (non-hydrogen) atoms. The molecule has 1 unspecified atom stereocenters. The maximum atomic E-state index is 13.5. The van der Waals surface area contributed by atoms with Gasteiger partial charge in [0.05, 0.1) is 6.61 Å². The van der Waals surface area contributed by atoms with Crippen molar-refractivity contribution in [3.63, 3.8) is 0 Å². The molecule has 0 aromatic heterocycles. The zero-order valence-corrected chi connectivity index (χ0v) is 13.2. The van der Waals surface area contributed by atoms with Crippen molar-refractivity contribution in [3.05, 3.63) is 24.0 Å². The second kappa shape index (κ2) is 7.36. The van der Waals surface area contributed by atoms with Crippen molar-refractivity contribution in [1.82, 2.24) is 4.72 Å². The Hall–Kier alpha value is -1.22. The van der Waals surface area contributed by atoms with E-state index in [4.69, 9.17) is 15.2 Å². The van der Waals surface area contributed by atoms with Crippen molar-refractivity contribution in [2.24, 2.45) is 11.7 Å². The first-order valence-electron chi connectivity index (χ1n) is 7.11. The van der Waals surface area contributed by atoms with E-state index in [-0.39, 0.29) is 35.8 Å². The Labute approximate surface area is 129 Å². The van der Waals surface area contributed by atoms with E-state index in [2.05, 4.69) is 4.72 Å². The van der Waals surface area contributed by atoms with Gasteiger partial charge in [0.1, 0.15) is 23.1 Å². The van der Waals surface area contributed by atoms with Crippen LogP contribution in [0.15, 0.2) is 23.1 Å². The van der Waals surface area contributed by atoms with Gasteiger partial charge in [-0.25, -0.2) is 17.5 Å². The molecule has 0 aliphatic heterocycles. The van der Waals surface area contributed by atoms with Crippen LogP contribution in [0.4, 0.5) is 4.39 Å². The average molecular weight is 332 g/mol. The lowest BCUT2D eigenvalue weighted by molar-refractivity contribution is 0.144. The molecule has 1 aliphatic carbocycles. The number of rotatable bonds is 9. The van der Waals surface area contributed by atoms with E-state index in [1.165, 1.54) is 13.2 Å². The lowest BCUT2D eigenvalue weighted by Crippen LogP contribution is -2.41. The molecule has 1 saturated carbocycles. The summed E-state index contributed by atoms with van der Waals surface area (Å²) in [5, 5.41) is 0. The normalized spacial score (nSPS) is 16.5. The Bertz CT molecular complexity index is 605. The van der Waals surface area contributed by atoms with Gasteiger partial charge in [0.2, 0.25) is 10.0 Å². The monoisotopic (exact) mass is 332 g/mol. The number of halogens is 1. The van der Waals surface area contributed by atoms with Crippen LogP contribution >= 0.6 is 0 Å². The van der Waals surface area contributed by atoms with Crippen molar-refractivity contribution in [2.75, 3.05) is 26.9 Å². The number of ether oxygens (including phenoxy) is 2. The van der Waals surface area contributed by atoms with E-state index in [1.807, 2.05) is 0 Å². The number of nitrogens with two attached hydrogens (primary N) is 1. The third-order valence-corrected chi connectivity index (χ3v) is 5.00. The zero-order valence-electron chi connectivity index (χ0n) is 12.4. The van der Waals surface area contributed by atoms with Crippen molar-refractivity contribution >= 4 is 10.0 Å². The fraction of sp³-hybridized carbons (Fsp3) is 0.571. The maximum absolute atomic E-state index is 13.5. The van der Waals surface area contributed by atoms with E-state index in [0.29, 0.717) is 6.61 Å². The minimum atomic E-state index is -3.90. The van der Waals surface area contributed by atoms with Gasteiger partial charge in [-0.1, -0.05) is 0 Å². The lowest BCUT2D eigenvalue weighted by Gasteiger charge is -2.18. The van der Waals surface area contributed by atoms with E-state index in [1.54, 1.807) is 0 Å². The summed E-state index contributed by atoms with van der Waals surface area (Å²) in [6, 6.07) is 3.07. The summed E-state index contributed by atoms with van der Waals surface area (Å²) in [4.78, 5) is -0.220. The molecule has 8 heteroatoms. The quantitative estimate of drug-likeness (QED) is 0.655. The molecule has 0 spiro atoms. The third kappa shape index (κ3) is 4.39. The molecule has 0 amide bonds. The second-order valence-electron chi connectivity index (χ2n) is 5.23. The van der Waals surface area contributed by atoms with Gasteiger partial charge in [-0.15, -0.1) is 0 Å². The van der Waals surface area contributed by atoms with E-state index < -0.39 is 15.8 Å². The first-order valence-corrected chi connectivity index (χ1v) is 8.60. The fourth-order valence-electron chi connectivity index (χ4n) is 2.14. The minimum Gasteiger partial charge on any atom is -0.490 e. The Morgan fingerprint density at radius 2 is 2.14 bits per heavy atom. The number of nitrogens with one attached hydrogen (secondary N) is 1. The van der Waals surface area contributed by atoms with Gasteiger partial charge in [0.25, 0.3) is 0 Å². The summed E-state index contributed by atoms with van der Waals surface area (Å²) in [6.45, 7) is 0.685. The number of methoxy groups -OCH3 is 1. The van der Waals surface area contributed by atoms with Gasteiger partial charge in [0.15, 0.2) is 0 Å². The number of hydrogen-bond acceptors (Lipinski definition) is 5. The van der Waals surface area contributed by atoms with Crippen LogP contribution in [0.2, 0.25) is 0 Å². The topological polar surface area (TPSA) is 90.6 Å². The Kier molecular flexibility index (Phi) is 5.74. The van der Waals surface area contributed by atoms with Gasteiger partial charge in [-0.05, 0) is 37.0 Å². The summed E-state index contributed by atoms with van der Waals surface area (Å²) >= 11 is 0. The predicted octanol–water partition coefficient (Wildman–Crippen LogP) is 0.866. The maximum Gasteiger partial charge on any atom is 0.244 e. The SMILES string of the molecule is COCCOc1ccc(F)cc1S(=O)(=O)NC(CN)C1CC1. The summed E-state index contributed by atoms with van der Waals surface area (Å²) in [6.07, 6.45) is 1.90. The molecule has 1 atom stereocenters. The van der Waals surface area contributed by atoms with Crippen LogP contribution < -0.4 is 15.2 Å². The molecule has 1 aliphatic rings. The highest BCUT2D eigenvalue weighted by atomic mass is 32.2. The van der Waals surface area contributed by atoms with Crippen LogP contribution in [0, 0.1) is 11.7 Å². The van der Waals surface area contributed by atoms with Crippen molar-refractivity contribution in [3.8, 4) is 5.75 Å². The Balaban J connectivity index is 2.21. The highest BCUT2D eigenvalue weighted by Gasteiger charge is 2.34. The summed E-state index contributed by atoms with van der Waals surface area (Å²) in [5.41, 5.74) is 5.62. The molecule has 0 radical (unpaired) electrons. The predicted molar refractivity (Wildman–Crippen MR) is 79.7 cm³/mol. The molecular weight excluding hydrogens is 311 g/mol. The Morgan fingerprint density at radius 1 is 1.41 bits per heavy atom. The second-order valence-corrected chi connectivity index (χ2v) is 6.92. The fourth-order valence-corrected chi connectivity index (χ4v) is 3.62. The van der Waals surface area contributed by atoms with Crippen LogP contribution in [0.5, 0.6) is 5.75 Å². The van der Waals surface area contributed by atoms with Gasteiger partial charge in [0, 0.05) is 19.7 Å². The summed E-state index contributed by atoms with van der Waals surface area (Å²) in [7, 11) is -2.39. The third-order valence-electron chi connectivity index (χ3n) is 3.49. The standard InChI is InChI=1S/C14H21FN2O4S/c1-20-6-7-21-13-5-4-11(15)8-14(13)22(18,19)17-12(9-16)10-2-3-10/h4-5,8,10,12,17H,2-3,6-7,9,16H2,1H3. The Morgan fingerprint density at radius 3 is 2.73 bits per heavy atom. The zero-order chi connectivity index (χ0) is 16.2. The highest BCUT2D eigenvalue weighted by Crippen LogP contribution is 2.33. The van der Waals surface area contributed by atoms with Crippen molar-refractivity contribution < 1.29 is 22.3 Å². The highest BCUT2D eigenvalue weighted by molar-refractivity contribution is 7.89. The molecule has 1 fully saturated rings. The smallest absolute Gasteiger partial charge is 0.244 e. The molecule has 0 saturated heterocycles. The molecule has 1 aromatic rings. The molecule has 6 nitrogen and oxygen atoms in total. The van der Waals surface area contributed by atoms with Gasteiger partial charge < -0.3 is 15.2 Å². The van der Waals surface area contributed by atoms with Gasteiger partial charge >= 0.3 is 0 Å². The lowest BCUT2D eigenvalue weighted by atomic mass is 10.2. The number of sulfonamides is 1. The molecule has 0 heterocycles. The molecule has 1 aromatic carbocycles. The van der Waals surface area contributed by atoms with E-state index in [0.717, 1.165) is 25.0 Å². The van der Waals surface area contributed by atoms with Gasteiger partial charge in [-0.2, -0.15) is 0 Å².